The van der Waals surface area contributed by atoms with Crippen LogP contribution in [0.1, 0.15) is 77.3 Å². The van der Waals surface area contributed by atoms with Gasteiger partial charge in [0.15, 0.2) is 0 Å². The van der Waals surface area contributed by atoms with Gasteiger partial charge in [0.2, 0.25) is 11.8 Å². The Kier molecular flexibility index (Phi) is 6.21. The van der Waals surface area contributed by atoms with Crippen molar-refractivity contribution in [3.63, 3.8) is 0 Å². The number of aliphatic hydroxyl groups is 1. The molecular weight excluding hydrogens is 504 g/mol. The summed E-state index contributed by atoms with van der Waals surface area (Å²) in [5, 5.41) is 20.3. The van der Waals surface area contributed by atoms with Crippen molar-refractivity contribution in [1.82, 2.24) is 24.9 Å². The fourth-order valence-corrected chi connectivity index (χ4v) is 5.88. The van der Waals surface area contributed by atoms with Gasteiger partial charge in [-0.3, -0.25) is 38.9 Å². The van der Waals surface area contributed by atoms with Gasteiger partial charge in [-0.1, -0.05) is 6.07 Å². The van der Waals surface area contributed by atoms with E-state index < -0.39 is 35.3 Å². The third-order valence-corrected chi connectivity index (χ3v) is 8.31. The van der Waals surface area contributed by atoms with Crippen LogP contribution in [0.4, 0.5) is 5.69 Å². The van der Waals surface area contributed by atoms with Gasteiger partial charge >= 0.3 is 0 Å². The molecule has 6 rings (SSSR count). The molecule has 204 valence electrons. The predicted octanol–water partition coefficient (Wildman–Crippen LogP) is 0.975. The van der Waals surface area contributed by atoms with Gasteiger partial charge in [-0.2, -0.15) is 5.10 Å². The number of aromatic nitrogens is 2. The number of anilines is 1. The fraction of sp³-hybridized carbons (Fsp3) is 0.481. The van der Waals surface area contributed by atoms with Crippen LogP contribution < -0.4 is 10.6 Å². The van der Waals surface area contributed by atoms with Gasteiger partial charge in [0.1, 0.15) is 11.6 Å². The Morgan fingerprint density at radius 2 is 1.87 bits per heavy atom. The van der Waals surface area contributed by atoms with Gasteiger partial charge in [-0.15, -0.1) is 0 Å². The number of likely N-dealkylation sites (tertiary alicyclic amines) is 1. The number of nitrogens with zero attached hydrogens (tertiary/aromatic N) is 4. The molecule has 12 nitrogen and oxygen atoms in total. The van der Waals surface area contributed by atoms with Crippen LogP contribution in [0.25, 0.3) is 0 Å². The van der Waals surface area contributed by atoms with Crippen molar-refractivity contribution in [2.24, 2.45) is 0 Å². The van der Waals surface area contributed by atoms with Gasteiger partial charge in [0, 0.05) is 43.5 Å². The Morgan fingerprint density at radius 3 is 2.56 bits per heavy atom. The minimum absolute atomic E-state index is 0.0659. The minimum atomic E-state index is -1.17. The quantitative estimate of drug-likeness (QED) is 0.464. The van der Waals surface area contributed by atoms with E-state index >= 15 is 0 Å². The van der Waals surface area contributed by atoms with E-state index in [0.717, 1.165) is 29.7 Å². The number of piperidine rings is 2. The van der Waals surface area contributed by atoms with Crippen molar-refractivity contribution in [2.75, 3.05) is 18.4 Å². The summed E-state index contributed by atoms with van der Waals surface area (Å²) in [7, 11) is 0. The van der Waals surface area contributed by atoms with E-state index in [4.69, 9.17) is 0 Å². The molecule has 1 atom stereocenters. The van der Waals surface area contributed by atoms with Crippen LogP contribution >= 0.6 is 0 Å². The average Bonchev–Trinajstić information content (AvgIpc) is 3.49. The highest BCUT2D eigenvalue weighted by Gasteiger charge is 2.46. The largest absolute Gasteiger partial charge is 0.380 e. The Morgan fingerprint density at radius 1 is 1.10 bits per heavy atom. The SMILES string of the molecule is O=C1CCC(N2C(=O)c3cccc(NCc4cnn(C5CCN(C(=O)C6(O)CCC6)CC5)c4)c3C2=O)C(=O)N1. The summed E-state index contributed by atoms with van der Waals surface area (Å²) in [5.74, 6) is -2.32. The molecule has 1 aliphatic carbocycles. The number of fused-ring (bicyclic) bond motifs is 1. The van der Waals surface area contributed by atoms with E-state index in [1.165, 1.54) is 0 Å². The Labute approximate surface area is 224 Å². The molecule has 3 fully saturated rings. The number of imide groups is 2. The highest BCUT2D eigenvalue weighted by atomic mass is 16.3. The van der Waals surface area contributed by atoms with Crippen molar-refractivity contribution >= 4 is 35.2 Å². The standard InChI is InChI=1S/C27H30N6O6/c34-21-6-5-20(23(35)30-21)33-24(36)18-3-1-4-19(22(18)25(33)37)28-13-16-14-29-32(15-16)17-7-11-31(12-8-17)26(38)27(39)9-2-10-27/h1,3-4,14-15,17,20,28,39H,2,5-13H2,(H,30,34,35). The lowest BCUT2D eigenvalue weighted by molar-refractivity contribution is -0.161. The number of benzene rings is 1. The second kappa shape index (κ2) is 9.60. The average molecular weight is 535 g/mol. The molecule has 4 aliphatic rings. The molecule has 3 N–H and O–H groups in total. The van der Waals surface area contributed by atoms with Crippen molar-refractivity contribution in [3.05, 3.63) is 47.3 Å². The van der Waals surface area contributed by atoms with Crippen LogP contribution in [0.2, 0.25) is 0 Å². The second-order valence-corrected chi connectivity index (χ2v) is 10.8. The second-order valence-electron chi connectivity index (χ2n) is 10.8. The molecule has 3 aliphatic heterocycles. The van der Waals surface area contributed by atoms with Crippen molar-refractivity contribution in [2.45, 2.75) is 69.2 Å². The Hall–Kier alpha value is -4.06. The molecule has 0 spiro atoms. The van der Waals surface area contributed by atoms with E-state index in [1.807, 2.05) is 10.9 Å². The maximum Gasteiger partial charge on any atom is 0.264 e. The first-order chi connectivity index (χ1) is 18.7. The number of hydrogen-bond acceptors (Lipinski definition) is 8. The number of rotatable bonds is 6. The highest BCUT2D eigenvalue weighted by Crippen LogP contribution is 2.35. The maximum atomic E-state index is 13.3. The highest BCUT2D eigenvalue weighted by molar-refractivity contribution is 6.25. The lowest BCUT2D eigenvalue weighted by atomic mass is 9.79. The van der Waals surface area contributed by atoms with Crippen LogP contribution in [0, 0.1) is 0 Å². The summed E-state index contributed by atoms with van der Waals surface area (Å²) in [4.78, 5) is 65.5. The molecule has 1 aromatic carbocycles. The van der Waals surface area contributed by atoms with Crippen LogP contribution in [-0.2, 0) is 20.9 Å². The summed E-state index contributed by atoms with van der Waals surface area (Å²) in [5.41, 5.74) is 0.630. The Bertz CT molecular complexity index is 1370. The lowest BCUT2D eigenvalue weighted by Gasteiger charge is -2.41. The maximum absolute atomic E-state index is 13.3. The molecule has 2 saturated heterocycles. The van der Waals surface area contributed by atoms with Crippen LogP contribution in [-0.4, -0.2) is 79.0 Å². The number of carbonyl (C=O) groups excluding carboxylic acids is 5. The molecule has 0 bridgehead atoms. The molecule has 1 saturated carbocycles. The first kappa shape index (κ1) is 25.2. The summed E-state index contributed by atoms with van der Waals surface area (Å²) in [6.45, 7) is 1.52. The predicted molar refractivity (Wildman–Crippen MR) is 136 cm³/mol. The van der Waals surface area contributed by atoms with Crippen molar-refractivity contribution in [3.8, 4) is 0 Å². The molecule has 5 amide bonds. The van der Waals surface area contributed by atoms with Crippen LogP contribution in [0.15, 0.2) is 30.6 Å². The molecule has 4 heterocycles. The summed E-state index contributed by atoms with van der Waals surface area (Å²) < 4.78 is 1.89. The van der Waals surface area contributed by atoms with E-state index in [-0.39, 0.29) is 35.9 Å². The molecule has 2 aromatic rings. The lowest BCUT2D eigenvalue weighted by Crippen LogP contribution is -2.55. The van der Waals surface area contributed by atoms with Crippen LogP contribution in [0.5, 0.6) is 0 Å². The van der Waals surface area contributed by atoms with Crippen molar-refractivity contribution in [1.29, 1.82) is 0 Å². The van der Waals surface area contributed by atoms with Gasteiger partial charge in [-0.05, 0) is 50.7 Å². The fourth-order valence-electron chi connectivity index (χ4n) is 5.88. The van der Waals surface area contributed by atoms with E-state index in [2.05, 4.69) is 15.7 Å². The Balaban J connectivity index is 1.09. The number of amides is 5. The first-order valence-electron chi connectivity index (χ1n) is 13.4. The van der Waals surface area contributed by atoms with Gasteiger partial charge in [0.25, 0.3) is 17.7 Å². The molecular formula is C27H30N6O6. The molecule has 1 aromatic heterocycles. The third-order valence-electron chi connectivity index (χ3n) is 8.31. The number of hydrogen-bond donors (Lipinski definition) is 3. The third kappa shape index (κ3) is 4.38. The zero-order valence-corrected chi connectivity index (χ0v) is 21.4. The number of carbonyl (C=O) groups is 5. The topological polar surface area (TPSA) is 154 Å². The smallest absolute Gasteiger partial charge is 0.264 e. The van der Waals surface area contributed by atoms with Gasteiger partial charge < -0.3 is 15.3 Å². The van der Waals surface area contributed by atoms with E-state index in [0.29, 0.717) is 38.2 Å². The molecule has 39 heavy (non-hydrogen) atoms. The summed E-state index contributed by atoms with van der Waals surface area (Å²) in [6.07, 6.45) is 7.30. The van der Waals surface area contributed by atoms with E-state index in [9.17, 15) is 29.1 Å². The van der Waals surface area contributed by atoms with Crippen LogP contribution in [0.3, 0.4) is 0 Å². The first-order valence-corrected chi connectivity index (χ1v) is 13.4. The zero-order valence-electron chi connectivity index (χ0n) is 21.4. The molecule has 0 radical (unpaired) electrons. The number of nitrogens with one attached hydrogen (secondary N) is 2. The normalized spacial score (nSPS) is 22.9. The summed E-state index contributed by atoms with van der Waals surface area (Å²) in [6, 6.07) is 4.08. The van der Waals surface area contributed by atoms with Crippen molar-refractivity contribution < 1.29 is 29.1 Å². The van der Waals surface area contributed by atoms with Gasteiger partial charge in [-0.25, -0.2) is 0 Å². The molecule has 1 unspecified atom stereocenters. The monoisotopic (exact) mass is 534 g/mol. The summed E-state index contributed by atoms with van der Waals surface area (Å²) >= 11 is 0. The zero-order chi connectivity index (χ0) is 27.3. The van der Waals surface area contributed by atoms with E-state index in [1.54, 1.807) is 29.3 Å². The minimum Gasteiger partial charge on any atom is -0.380 e. The van der Waals surface area contributed by atoms with Gasteiger partial charge in [0.05, 0.1) is 23.4 Å². The molecule has 12 heteroatoms.